The maximum absolute atomic E-state index is 11.9. The van der Waals surface area contributed by atoms with E-state index in [9.17, 15) is 9.59 Å². The van der Waals surface area contributed by atoms with Gasteiger partial charge in [0.25, 0.3) is 5.91 Å². The van der Waals surface area contributed by atoms with Gasteiger partial charge in [0.1, 0.15) is 5.69 Å². The van der Waals surface area contributed by atoms with E-state index in [-0.39, 0.29) is 12.4 Å². The minimum atomic E-state index is -1.19. The van der Waals surface area contributed by atoms with Crippen LogP contribution in [0.4, 0.5) is 0 Å². The van der Waals surface area contributed by atoms with E-state index in [0.717, 1.165) is 5.56 Å². The van der Waals surface area contributed by atoms with Gasteiger partial charge in [0.05, 0.1) is 6.61 Å². The summed E-state index contributed by atoms with van der Waals surface area (Å²) >= 11 is 0. The predicted octanol–water partition coefficient (Wildman–Crippen LogP) is 1.17. The number of methoxy groups -OCH3 is 1. The van der Waals surface area contributed by atoms with Gasteiger partial charge in [0.2, 0.25) is 5.76 Å². The summed E-state index contributed by atoms with van der Waals surface area (Å²) in [6, 6.07) is 9.49. The largest absolute Gasteiger partial charge is 0.480 e. The number of carboxylic acids is 1. The molecule has 1 aromatic heterocycles. The Morgan fingerprint density at radius 3 is 2.71 bits per heavy atom. The number of carbonyl (C=O) groups is 2. The van der Waals surface area contributed by atoms with E-state index in [1.807, 2.05) is 30.3 Å². The molecule has 1 unspecified atom stereocenters. The summed E-state index contributed by atoms with van der Waals surface area (Å²) in [5.41, 5.74) is 1.30. The first-order valence-corrected chi connectivity index (χ1v) is 6.16. The molecule has 1 heterocycles. The fourth-order valence-corrected chi connectivity index (χ4v) is 1.70. The molecular formula is C14H14N2O5. The number of rotatable bonds is 6. The molecule has 0 spiro atoms. The van der Waals surface area contributed by atoms with Gasteiger partial charge in [-0.15, -0.1) is 0 Å². The Hall–Kier alpha value is -2.67. The highest BCUT2D eigenvalue weighted by molar-refractivity contribution is 5.95. The molecule has 7 heteroatoms. The van der Waals surface area contributed by atoms with E-state index in [1.54, 1.807) is 0 Å². The third-order valence-corrected chi connectivity index (χ3v) is 2.74. The van der Waals surface area contributed by atoms with Crippen LogP contribution in [0.15, 0.2) is 40.9 Å². The zero-order valence-electron chi connectivity index (χ0n) is 11.3. The molecule has 0 fully saturated rings. The van der Waals surface area contributed by atoms with Crippen molar-refractivity contribution in [3.63, 3.8) is 0 Å². The Morgan fingerprint density at radius 1 is 1.38 bits per heavy atom. The molecule has 0 saturated carbocycles. The van der Waals surface area contributed by atoms with Gasteiger partial charge in [-0.1, -0.05) is 35.5 Å². The highest BCUT2D eigenvalue weighted by atomic mass is 16.5. The molecule has 1 atom stereocenters. The highest BCUT2D eigenvalue weighted by Crippen LogP contribution is 2.18. The van der Waals surface area contributed by atoms with Crippen LogP contribution < -0.4 is 5.32 Å². The standard InChI is InChI=1S/C14H14N2O5/c1-20-8-11(14(18)19)15-13(17)12-7-10(16-21-12)9-5-3-2-4-6-9/h2-7,11H,8H2,1H3,(H,15,17)(H,18,19). The van der Waals surface area contributed by atoms with Crippen molar-refractivity contribution in [1.29, 1.82) is 0 Å². The zero-order valence-corrected chi connectivity index (χ0v) is 11.3. The van der Waals surface area contributed by atoms with Crippen LogP contribution in [0.25, 0.3) is 11.3 Å². The molecule has 0 saturated heterocycles. The molecular weight excluding hydrogens is 276 g/mol. The predicted molar refractivity (Wildman–Crippen MR) is 72.7 cm³/mol. The normalized spacial score (nSPS) is 11.9. The molecule has 0 aliphatic carbocycles. The van der Waals surface area contributed by atoms with E-state index < -0.39 is 17.9 Å². The number of ether oxygens (including phenoxy) is 1. The molecule has 2 rings (SSSR count). The molecule has 110 valence electrons. The second-order valence-electron chi connectivity index (χ2n) is 4.26. The topological polar surface area (TPSA) is 102 Å². The third kappa shape index (κ3) is 3.67. The molecule has 1 amide bonds. The Kier molecular flexibility index (Phi) is 4.68. The van der Waals surface area contributed by atoms with E-state index in [2.05, 4.69) is 10.5 Å². The van der Waals surface area contributed by atoms with Crippen LogP contribution in [0.3, 0.4) is 0 Å². The molecule has 0 radical (unpaired) electrons. The van der Waals surface area contributed by atoms with Crippen molar-refractivity contribution in [2.75, 3.05) is 13.7 Å². The number of hydrogen-bond acceptors (Lipinski definition) is 5. The minimum absolute atomic E-state index is 0.0591. The van der Waals surface area contributed by atoms with Crippen LogP contribution in [0, 0.1) is 0 Å². The number of amides is 1. The number of carbonyl (C=O) groups excluding carboxylic acids is 1. The first-order valence-electron chi connectivity index (χ1n) is 6.16. The van der Waals surface area contributed by atoms with Crippen molar-refractivity contribution in [1.82, 2.24) is 10.5 Å². The summed E-state index contributed by atoms with van der Waals surface area (Å²) in [6.45, 7) is -0.138. The smallest absolute Gasteiger partial charge is 0.328 e. The van der Waals surface area contributed by atoms with Crippen molar-refractivity contribution in [2.45, 2.75) is 6.04 Å². The van der Waals surface area contributed by atoms with Crippen LogP contribution in [0.1, 0.15) is 10.6 Å². The summed E-state index contributed by atoms with van der Waals surface area (Å²) in [7, 11) is 1.35. The molecule has 2 N–H and O–H groups in total. The monoisotopic (exact) mass is 290 g/mol. The second-order valence-corrected chi connectivity index (χ2v) is 4.26. The quantitative estimate of drug-likeness (QED) is 0.828. The Labute approximate surface area is 120 Å². The number of carboxylic acid groups (broad SMARTS) is 1. The van der Waals surface area contributed by atoms with E-state index in [1.165, 1.54) is 13.2 Å². The minimum Gasteiger partial charge on any atom is -0.480 e. The van der Waals surface area contributed by atoms with Crippen LogP contribution in [-0.4, -0.2) is 41.9 Å². The number of benzene rings is 1. The summed E-state index contributed by atoms with van der Waals surface area (Å²) in [6.07, 6.45) is 0. The van der Waals surface area contributed by atoms with Gasteiger partial charge in [-0.3, -0.25) is 4.79 Å². The summed E-state index contributed by atoms with van der Waals surface area (Å²) < 4.78 is 9.68. The average molecular weight is 290 g/mol. The maximum atomic E-state index is 11.9. The lowest BCUT2D eigenvalue weighted by Crippen LogP contribution is -2.43. The second kappa shape index (κ2) is 6.67. The number of aromatic nitrogens is 1. The Bertz CT molecular complexity index is 623. The molecule has 7 nitrogen and oxygen atoms in total. The van der Waals surface area contributed by atoms with Crippen molar-refractivity contribution in [2.24, 2.45) is 0 Å². The van der Waals surface area contributed by atoms with Crippen molar-refractivity contribution >= 4 is 11.9 Å². The lowest BCUT2D eigenvalue weighted by atomic mass is 10.1. The highest BCUT2D eigenvalue weighted by Gasteiger charge is 2.23. The fraction of sp³-hybridized carbons (Fsp3) is 0.214. The van der Waals surface area contributed by atoms with Crippen molar-refractivity contribution < 1.29 is 24.0 Å². The van der Waals surface area contributed by atoms with Gasteiger partial charge in [-0.25, -0.2) is 4.79 Å². The van der Waals surface area contributed by atoms with Gasteiger partial charge < -0.3 is 19.7 Å². The third-order valence-electron chi connectivity index (χ3n) is 2.74. The van der Waals surface area contributed by atoms with Gasteiger partial charge in [0.15, 0.2) is 6.04 Å². The van der Waals surface area contributed by atoms with Gasteiger partial charge in [-0.2, -0.15) is 0 Å². The molecule has 2 aromatic rings. The SMILES string of the molecule is COCC(NC(=O)c1cc(-c2ccccc2)no1)C(=O)O. The first kappa shape index (κ1) is 14.7. The van der Waals surface area contributed by atoms with Gasteiger partial charge in [0, 0.05) is 18.7 Å². The van der Waals surface area contributed by atoms with Crippen LogP contribution in [0.2, 0.25) is 0 Å². The van der Waals surface area contributed by atoms with Crippen molar-refractivity contribution in [3.05, 3.63) is 42.2 Å². The number of nitrogens with zero attached hydrogens (tertiary/aromatic N) is 1. The van der Waals surface area contributed by atoms with E-state index in [4.69, 9.17) is 14.4 Å². The first-order chi connectivity index (χ1) is 10.1. The Balaban J connectivity index is 2.10. The lowest BCUT2D eigenvalue weighted by molar-refractivity contribution is -0.140. The van der Waals surface area contributed by atoms with E-state index >= 15 is 0 Å². The zero-order chi connectivity index (χ0) is 15.2. The van der Waals surface area contributed by atoms with Gasteiger partial charge in [-0.05, 0) is 0 Å². The van der Waals surface area contributed by atoms with Gasteiger partial charge >= 0.3 is 5.97 Å². The fourth-order valence-electron chi connectivity index (χ4n) is 1.70. The number of nitrogens with one attached hydrogen (secondary N) is 1. The Morgan fingerprint density at radius 2 is 2.10 bits per heavy atom. The number of hydrogen-bond donors (Lipinski definition) is 2. The summed E-state index contributed by atoms with van der Waals surface area (Å²) in [4.78, 5) is 22.9. The van der Waals surface area contributed by atoms with E-state index in [0.29, 0.717) is 5.69 Å². The average Bonchev–Trinajstić information content (AvgIpc) is 2.97. The molecule has 0 aliphatic rings. The van der Waals surface area contributed by atoms with Crippen molar-refractivity contribution in [3.8, 4) is 11.3 Å². The van der Waals surface area contributed by atoms with Crippen LogP contribution in [0.5, 0.6) is 0 Å². The van der Waals surface area contributed by atoms with Crippen LogP contribution in [-0.2, 0) is 9.53 Å². The maximum Gasteiger partial charge on any atom is 0.328 e. The summed E-state index contributed by atoms with van der Waals surface area (Å²) in [5, 5.41) is 15.0. The number of aliphatic carboxylic acids is 1. The summed E-state index contributed by atoms with van der Waals surface area (Å²) in [5.74, 6) is -1.90. The molecule has 0 aliphatic heterocycles. The molecule has 1 aromatic carbocycles. The van der Waals surface area contributed by atoms with Crippen LogP contribution >= 0.6 is 0 Å². The lowest BCUT2D eigenvalue weighted by Gasteiger charge is -2.11. The molecule has 0 bridgehead atoms. The molecule has 21 heavy (non-hydrogen) atoms.